The van der Waals surface area contributed by atoms with Crippen LogP contribution in [0.1, 0.15) is 40.7 Å². The van der Waals surface area contributed by atoms with Crippen molar-refractivity contribution in [1.29, 1.82) is 0 Å². The number of hydrogen-bond donors (Lipinski definition) is 2. The van der Waals surface area contributed by atoms with Gasteiger partial charge in [0, 0.05) is 10.6 Å². The number of carboxylic acid groups (broad SMARTS) is 1. The molecule has 4 nitrogen and oxygen atoms in total. The third-order valence-corrected chi connectivity index (χ3v) is 3.58. The predicted molar refractivity (Wildman–Crippen MR) is 76.9 cm³/mol. The molecule has 2 aromatic heterocycles. The highest BCUT2D eigenvalue weighted by Crippen LogP contribution is 2.19. The molecule has 5 heteroatoms. The monoisotopic (exact) mass is 276 g/mol. The fourth-order valence-electron chi connectivity index (χ4n) is 1.65. The molecule has 100 valence electrons. The topological polar surface area (TPSA) is 62.2 Å². The number of aromatic nitrogens is 1. The second kappa shape index (κ2) is 5.84. The number of aromatic carboxylic acids is 1. The van der Waals surface area contributed by atoms with Crippen LogP contribution >= 0.6 is 11.3 Å². The molecule has 0 fully saturated rings. The molecule has 0 saturated carbocycles. The second-order valence-corrected chi connectivity index (χ2v) is 5.59. The number of hydrogen-bond acceptors (Lipinski definition) is 4. The van der Waals surface area contributed by atoms with Crippen molar-refractivity contribution in [1.82, 2.24) is 4.98 Å². The van der Waals surface area contributed by atoms with Gasteiger partial charge in [-0.1, -0.05) is 19.9 Å². The Morgan fingerprint density at radius 1 is 1.47 bits per heavy atom. The Balaban J connectivity index is 2.21. The molecule has 0 aliphatic rings. The first-order valence-corrected chi connectivity index (χ1v) is 6.95. The number of pyridine rings is 1. The molecule has 19 heavy (non-hydrogen) atoms. The van der Waals surface area contributed by atoms with Crippen molar-refractivity contribution in [3.8, 4) is 0 Å². The fraction of sp³-hybridized carbons (Fsp3) is 0.286. The zero-order valence-electron chi connectivity index (χ0n) is 10.9. The molecule has 0 unspecified atom stereocenters. The molecule has 0 aliphatic carbocycles. The fourth-order valence-corrected chi connectivity index (χ4v) is 2.30. The van der Waals surface area contributed by atoms with E-state index in [-0.39, 0.29) is 11.5 Å². The summed E-state index contributed by atoms with van der Waals surface area (Å²) in [6, 6.07) is 7.22. The molecule has 2 heterocycles. The summed E-state index contributed by atoms with van der Waals surface area (Å²) in [6.07, 6.45) is 0. The molecule has 0 amide bonds. The zero-order chi connectivity index (χ0) is 13.8. The summed E-state index contributed by atoms with van der Waals surface area (Å²) >= 11 is 1.66. The van der Waals surface area contributed by atoms with E-state index in [1.807, 2.05) is 31.4 Å². The molecule has 2 aromatic rings. The maximum atomic E-state index is 11.1. The summed E-state index contributed by atoms with van der Waals surface area (Å²) in [5.41, 5.74) is 1.06. The van der Waals surface area contributed by atoms with Gasteiger partial charge in [0.05, 0.1) is 12.1 Å². The van der Waals surface area contributed by atoms with Crippen LogP contribution in [0.15, 0.2) is 29.6 Å². The van der Waals surface area contributed by atoms with Crippen LogP contribution in [-0.4, -0.2) is 16.1 Å². The summed E-state index contributed by atoms with van der Waals surface area (Å²) < 4.78 is 0. The van der Waals surface area contributed by atoms with Crippen molar-refractivity contribution < 1.29 is 9.90 Å². The zero-order valence-corrected chi connectivity index (χ0v) is 11.7. The second-order valence-electron chi connectivity index (χ2n) is 4.56. The Labute approximate surface area is 116 Å². The van der Waals surface area contributed by atoms with E-state index in [0.717, 1.165) is 5.69 Å². The Hall–Kier alpha value is -1.88. The summed E-state index contributed by atoms with van der Waals surface area (Å²) in [6.45, 7) is 4.65. The standard InChI is InChI=1S/C14H16N2O2S/c1-9(2)12-6-10(14(17)18)7-13(16-12)15-8-11-4-3-5-19-11/h3-7,9H,8H2,1-2H3,(H,15,16)(H,17,18). The molecule has 0 bridgehead atoms. The van der Waals surface area contributed by atoms with Crippen molar-refractivity contribution >= 4 is 23.1 Å². The van der Waals surface area contributed by atoms with Crippen LogP contribution in [0.25, 0.3) is 0 Å². The highest BCUT2D eigenvalue weighted by Gasteiger charge is 2.10. The molecular formula is C14H16N2O2S. The molecule has 2 N–H and O–H groups in total. The lowest BCUT2D eigenvalue weighted by Gasteiger charge is -2.10. The van der Waals surface area contributed by atoms with Crippen LogP contribution in [0.5, 0.6) is 0 Å². The smallest absolute Gasteiger partial charge is 0.335 e. The molecule has 0 spiro atoms. The van der Waals surface area contributed by atoms with Gasteiger partial charge in [0.15, 0.2) is 0 Å². The van der Waals surface area contributed by atoms with Gasteiger partial charge in [-0.05, 0) is 29.5 Å². The van der Waals surface area contributed by atoms with E-state index >= 15 is 0 Å². The lowest BCUT2D eigenvalue weighted by Crippen LogP contribution is -2.06. The number of nitrogens with zero attached hydrogens (tertiary/aromatic N) is 1. The van der Waals surface area contributed by atoms with Crippen molar-refractivity contribution in [2.75, 3.05) is 5.32 Å². The maximum absolute atomic E-state index is 11.1. The summed E-state index contributed by atoms with van der Waals surface area (Å²) in [7, 11) is 0. The van der Waals surface area contributed by atoms with E-state index < -0.39 is 5.97 Å². The molecular weight excluding hydrogens is 260 g/mol. The van der Waals surface area contributed by atoms with Gasteiger partial charge >= 0.3 is 5.97 Å². The molecule has 0 saturated heterocycles. The quantitative estimate of drug-likeness (QED) is 0.876. The van der Waals surface area contributed by atoms with Crippen LogP contribution in [-0.2, 0) is 6.54 Å². The first-order chi connectivity index (χ1) is 9.06. The van der Waals surface area contributed by atoms with E-state index in [0.29, 0.717) is 12.4 Å². The Morgan fingerprint density at radius 2 is 2.26 bits per heavy atom. The lowest BCUT2D eigenvalue weighted by molar-refractivity contribution is 0.0696. The first-order valence-electron chi connectivity index (χ1n) is 6.08. The number of carbonyl (C=O) groups is 1. The van der Waals surface area contributed by atoms with Crippen molar-refractivity contribution in [2.45, 2.75) is 26.3 Å². The highest BCUT2D eigenvalue weighted by molar-refractivity contribution is 7.09. The largest absolute Gasteiger partial charge is 0.478 e. The average molecular weight is 276 g/mol. The SMILES string of the molecule is CC(C)c1cc(C(=O)O)cc(NCc2cccs2)n1. The van der Waals surface area contributed by atoms with Crippen molar-refractivity contribution in [2.24, 2.45) is 0 Å². The predicted octanol–water partition coefficient (Wildman–Crippen LogP) is 3.58. The van der Waals surface area contributed by atoms with Gasteiger partial charge in [-0.15, -0.1) is 11.3 Å². The van der Waals surface area contributed by atoms with Crippen LogP contribution < -0.4 is 5.32 Å². The number of rotatable bonds is 5. The molecule has 0 aromatic carbocycles. The van der Waals surface area contributed by atoms with E-state index in [1.54, 1.807) is 23.5 Å². The summed E-state index contributed by atoms with van der Waals surface area (Å²) in [5, 5.41) is 14.3. The van der Waals surface area contributed by atoms with Crippen LogP contribution in [0, 0.1) is 0 Å². The van der Waals surface area contributed by atoms with E-state index in [1.165, 1.54) is 4.88 Å². The molecule has 0 atom stereocenters. The van der Waals surface area contributed by atoms with Crippen LogP contribution in [0.2, 0.25) is 0 Å². The number of anilines is 1. The van der Waals surface area contributed by atoms with Crippen LogP contribution in [0.3, 0.4) is 0 Å². The molecule has 0 radical (unpaired) electrons. The summed E-state index contributed by atoms with van der Waals surface area (Å²) in [5.74, 6) is -0.123. The van der Waals surface area contributed by atoms with Gasteiger partial charge in [-0.25, -0.2) is 9.78 Å². The molecule has 2 rings (SSSR count). The van der Waals surface area contributed by atoms with E-state index in [4.69, 9.17) is 5.11 Å². The third-order valence-electron chi connectivity index (χ3n) is 2.71. The minimum absolute atomic E-state index is 0.196. The van der Waals surface area contributed by atoms with Gasteiger partial charge in [-0.2, -0.15) is 0 Å². The lowest BCUT2D eigenvalue weighted by atomic mass is 10.1. The van der Waals surface area contributed by atoms with E-state index in [2.05, 4.69) is 10.3 Å². The Bertz CT molecular complexity index is 565. The normalized spacial score (nSPS) is 10.7. The number of nitrogens with one attached hydrogen (secondary N) is 1. The third kappa shape index (κ3) is 3.54. The Morgan fingerprint density at radius 3 is 2.84 bits per heavy atom. The van der Waals surface area contributed by atoms with Crippen molar-refractivity contribution in [3.05, 3.63) is 45.8 Å². The van der Waals surface area contributed by atoms with Gasteiger partial charge in [-0.3, -0.25) is 0 Å². The van der Waals surface area contributed by atoms with Gasteiger partial charge in [0.25, 0.3) is 0 Å². The Kier molecular flexibility index (Phi) is 4.16. The van der Waals surface area contributed by atoms with Gasteiger partial charge in [0.2, 0.25) is 0 Å². The maximum Gasteiger partial charge on any atom is 0.335 e. The summed E-state index contributed by atoms with van der Waals surface area (Å²) in [4.78, 5) is 16.7. The number of carboxylic acids is 1. The van der Waals surface area contributed by atoms with Gasteiger partial charge in [0.1, 0.15) is 5.82 Å². The first kappa shape index (κ1) is 13.5. The highest BCUT2D eigenvalue weighted by atomic mass is 32.1. The number of thiophene rings is 1. The minimum Gasteiger partial charge on any atom is -0.478 e. The average Bonchev–Trinajstić information content (AvgIpc) is 2.89. The van der Waals surface area contributed by atoms with Crippen molar-refractivity contribution in [3.63, 3.8) is 0 Å². The van der Waals surface area contributed by atoms with Crippen LogP contribution in [0.4, 0.5) is 5.82 Å². The van der Waals surface area contributed by atoms with Gasteiger partial charge < -0.3 is 10.4 Å². The minimum atomic E-state index is -0.927. The van der Waals surface area contributed by atoms with E-state index in [9.17, 15) is 4.79 Å². The molecule has 0 aliphatic heterocycles.